The van der Waals surface area contributed by atoms with Crippen molar-refractivity contribution in [3.63, 3.8) is 0 Å². The van der Waals surface area contributed by atoms with Crippen LogP contribution in [0.1, 0.15) is 24.5 Å². The molecule has 4 aromatic rings. The largest absolute Gasteiger partial charge is 0.352 e. The van der Waals surface area contributed by atoms with E-state index in [0.29, 0.717) is 17.8 Å². The minimum atomic E-state index is -0.389. The lowest BCUT2D eigenvalue weighted by Crippen LogP contribution is -2.27. The minimum Gasteiger partial charge on any atom is -0.352 e. The maximum atomic E-state index is 13.2. The third-order valence-electron chi connectivity index (χ3n) is 5.08. The summed E-state index contributed by atoms with van der Waals surface area (Å²) < 4.78 is 19.7. The zero-order valence-electron chi connectivity index (χ0n) is 17.0. The van der Waals surface area contributed by atoms with E-state index in [1.807, 2.05) is 24.3 Å². The summed E-state index contributed by atoms with van der Waals surface area (Å²) in [5.41, 5.74) is 2.82. The van der Waals surface area contributed by atoms with Crippen molar-refractivity contribution in [1.82, 2.24) is 20.0 Å². The Kier molecular flexibility index (Phi) is 5.88. The number of nitrogens with one attached hydrogen (secondary N) is 1. The van der Waals surface area contributed by atoms with Crippen LogP contribution in [0.5, 0.6) is 0 Å². The molecule has 0 saturated carbocycles. The molecule has 0 bridgehead atoms. The maximum absolute atomic E-state index is 13.2. The highest BCUT2D eigenvalue weighted by atomic mass is 19.1. The molecule has 0 radical (unpaired) electrons. The molecule has 158 valence electrons. The third-order valence-corrected chi connectivity index (χ3v) is 5.08. The van der Waals surface area contributed by atoms with Crippen LogP contribution < -0.4 is 10.9 Å². The van der Waals surface area contributed by atoms with Gasteiger partial charge in [-0.15, -0.1) is 0 Å². The summed E-state index contributed by atoms with van der Waals surface area (Å²) in [4.78, 5) is 29.3. The van der Waals surface area contributed by atoms with E-state index in [1.54, 1.807) is 0 Å². The highest BCUT2D eigenvalue weighted by molar-refractivity contribution is 5.88. The molecule has 2 aromatic carbocycles. The predicted octanol–water partition coefficient (Wildman–Crippen LogP) is 3.46. The molecule has 7 nitrogen and oxygen atoms in total. The first kappa shape index (κ1) is 20.5. The van der Waals surface area contributed by atoms with Crippen LogP contribution in [0.3, 0.4) is 0 Å². The van der Waals surface area contributed by atoms with Crippen LogP contribution in [0.15, 0.2) is 64.2 Å². The smallest absolute Gasteiger partial charge is 0.266 e. The number of carbonyl (C=O) groups excluding carboxylic acids is 1. The topological polar surface area (TPSA) is 90.0 Å². The SMILES string of the molecule is CCc1ccc(CNC(=O)CCn2cnc3onc(-c4ccc(F)cc4)c3c2=O)cc1. The number of halogens is 1. The molecule has 2 aromatic heterocycles. The maximum Gasteiger partial charge on any atom is 0.266 e. The Hall–Kier alpha value is -3.81. The van der Waals surface area contributed by atoms with Crippen molar-refractivity contribution in [3.05, 3.63) is 82.2 Å². The Labute approximate surface area is 177 Å². The third kappa shape index (κ3) is 4.53. The number of aryl methyl sites for hydroxylation is 2. The molecule has 0 atom stereocenters. The fraction of sp³-hybridized carbons (Fsp3) is 0.217. The lowest BCUT2D eigenvalue weighted by Gasteiger charge is -2.08. The summed E-state index contributed by atoms with van der Waals surface area (Å²) in [5, 5.41) is 6.97. The molecule has 1 amide bonds. The zero-order valence-corrected chi connectivity index (χ0v) is 17.0. The van der Waals surface area contributed by atoms with Crippen LogP contribution >= 0.6 is 0 Å². The monoisotopic (exact) mass is 420 g/mol. The normalized spacial score (nSPS) is 11.0. The first-order valence-electron chi connectivity index (χ1n) is 10.0. The van der Waals surface area contributed by atoms with Gasteiger partial charge in [-0.05, 0) is 41.8 Å². The van der Waals surface area contributed by atoms with Gasteiger partial charge in [0.25, 0.3) is 11.3 Å². The lowest BCUT2D eigenvalue weighted by molar-refractivity contribution is -0.121. The Balaban J connectivity index is 1.45. The van der Waals surface area contributed by atoms with E-state index in [1.165, 1.54) is 40.7 Å². The Bertz CT molecular complexity index is 1260. The number of fused-ring (bicyclic) bond motifs is 1. The Morgan fingerprint density at radius 3 is 2.52 bits per heavy atom. The first-order chi connectivity index (χ1) is 15.0. The molecule has 0 fully saturated rings. The van der Waals surface area contributed by atoms with Gasteiger partial charge in [-0.1, -0.05) is 36.3 Å². The summed E-state index contributed by atoms with van der Waals surface area (Å²) in [6.45, 7) is 2.68. The molecule has 1 N–H and O–H groups in total. The predicted molar refractivity (Wildman–Crippen MR) is 114 cm³/mol. The van der Waals surface area contributed by atoms with E-state index in [4.69, 9.17) is 4.52 Å². The number of benzene rings is 2. The molecule has 0 aliphatic rings. The molecular formula is C23H21FN4O3. The number of amides is 1. The van der Waals surface area contributed by atoms with E-state index in [0.717, 1.165) is 12.0 Å². The van der Waals surface area contributed by atoms with Gasteiger partial charge in [-0.2, -0.15) is 0 Å². The number of hydrogen-bond acceptors (Lipinski definition) is 5. The fourth-order valence-electron chi connectivity index (χ4n) is 3.25. The Morgan fingerprint density at radius 2 is 1.81 bits per heavy atom. The van der Waals surface area contributed by atoms with E-state index >= 15 is 0 Å². The van der Waals surface area contributed by atoms with Gasteiger partial charge in [-0.3, -0.25) is 14.2 Å². The number of carbonyl (C=O) groups is 1. The average Bonchev–Trinajstić information content (AvgIpc) is 3.23. The zero-order chi connectivity index (χ0) is 21.8. The van der Waals surface area contributed by atoms with Crippen molar-refractivity contribution in [2.45, 2.75) is 32.9 Å². The van der Waals surface area contributed by atoms with Crippen LogP contribution in [0.25, 0.3) is 22.4 Å². The van der Waals surface area contributed by atoms with Gasteiger partial charge in [0.2, 0.25) is 5.91 Å². The summed E-state index contributed by atoms with van der Waals surface area (Å²) >= 11 is 0. The summed E-state index contributed by atoms with van der Waals surface area (Å²) in [6, 6.07) is 13.7. The van der Waals surface area contributed by atoms with E-state index in [9.17, 15) is 14.0 Å². The quantitative estimate of drug-likeness (QED) is 0.495. The molecule has 8 heteroatoms. The van der Waals surface area contributed by atoms with Gasteiger partial charge in [-0.25, -0.2) is 9.37 Å². The van der Waals surface area contributed by atoms with Crippen LogP contribution in [0.4, 0.5) is 4.39 Å². The first-order valence-corrected chi connectivity index (χ1v) is 10.0. The van der Waals surface area contributed by atoms with Crippen LogP contribution in [-0.4, -0.2) is 20.6 Å². The second kappa shape index (κ2) is 8.91. The van der Waals surface area contributed by atoms with Crippen molar-refractivity contribution >= 4 is 17.0 Å². The molecule has 0 saturated heterocycles. The standard InChI is InChI=1S/C23H21FN4O3/c1-2-15-3-5-16(6-4-15)13-25-19(29)11-12-28-14-26-22-20(23(28)30)21(27-31-22)17-7-9-18(24)10-8-17/h3-10,14H,2,11-13H2,1H3,(H,25,29). The summed E-state index contributed by atoms with van der Waals surface area (Å²) in [6.07, 6.45) is 2.42. The number of nitrogens with zero attached hydrogens (tertiary/aromatic N) is 3. The summed E-state index contributed by atoms with van der Waals surface area (Å²) in [5.74, 6) is -0.560. The molecule has 0 aliphatic heterocycles. The molecular weight excluding hydrogens is 399 g/mol. The second-order valence-electron chi connectivity index (χ2n) is 7.16. The molecule has 0 unspecified atom stereocenters. The van der Waals surface area contributed by atoms with Gasteiger partial charge in [0.1, 0.15) is 23.2 Å². The van der Waals surface area contributed by atoms with Crippen molar-refractivity contribution < 1.29 is 13.7 Å². The van der Waals surface area contributed by atoms with Crippen LogP contribution in [-0.2, 0) is 24.3 Å². The number of aromatic nitrogens is 3. The van der Waals surface area contributed by atoms with Gasteiger partial charge < -0.3 is 9.84 Å². The fourth-order valence-corrected chi connectivity index (χ4v) is 3.25. The van der Waals surface area contributed by atoms with Crippen molar-refractivity contribution in [2.24, 2.45) is 0 Å². The number of hydrogen-bond donors (Lipinski definition) is 1. The second-order valence-corrected chi connectivity index (χ2v) is 7.16. The van der Waals surface area contributed by atoms with Crippen molar-refractivity contribution in [2.75, 3.05) is 0 Å². The highest BCUT2D eigenvalue weighted by Crippen LogP contribution is 2.24. The number of rotatable bonds is 7. The Morgan fingerprint density at radius 1 is 1.10 bits per heavy atom. The van der Waals surface area contributed by atoms with Crippen LogP contribution in [0.2, 0.25) is 0 Å². The van der Waals surface area contributed by atoms with Crippen molar-refractivity contribution in [3.8, 4) is 11.3 Å². The van der Waals surface area contributed by atoms with Crippen LogP contribution in [0, 0.1) is 5.82 Å². The van der Waals surface area contributed by atoms with E-state index in [2.05, 4.69) is 22.4 Å². The molecule has 0 aliphatic carbocycles. The van der Waals surface area contributed by atoms with E-state index < -0.39 is 0 Å². The molecule has 31 heavy (non-hydrogen) atoms. The molecule has 4 rings (SSSR count). The molecule has 2 heterocycles. The van der Waals surface area contributed by atoms with E-state index in [-0.39, 0.29) is 41.3 Å². The highest BCUT2D eigenvalue weighted by Gasteiger charge is 2.17. The molecule has 0 spiro atoms. The van der Waals surface area contributed by atoms with Gasteiger partial charge in [0, 0.05) is 25.1 Å². The van der Waals surface area contributed by atoms with Gasteiger partial charge in [0.05, 0.1) is 0 Å². The minimum absolute atomic E-state index is 0.0977. The lowest BCUT2D eigenvalue weighted by atomic mass is 10.1. The van der Waals surface area contributed by atoms with Gasteiger partial charge in [0.15, 0.2) is 0 Å². The van der Waals surface area contributed by atoms with Crippen molar-refractivity contribution in [1.29, 1.82) is 0 Å². The average molecular weight is 420 g/mol. The summed E-state index contributed by atoms with van der Waals surface area (Å²) in [7, 11) is 0. The van der Waals surface area contributed by atoms with Gasteiger partial charge >= 0.3 is 0 Å².